The van der Waals surface area contributed by atoms with Gasteiger partial charge in [-0.1, -0.05) is 30.1 Å². The molecule has 0 fully saturated rings. The summed E-state index contributed by atoms with van der Waals surface area (Å²) in [6, 6.07) is 8.09. The van der Waals surface area contributed by atoms with Gasteiger partial charge in [-0.2, -0.15) is 0 Å². The molecule has 64 valence electrons. The molecular weight excluding hydrogens is 170 g/mol. The van der Waals surface area contributed by atoms with Crippen molar-refractivity contribution in [1.82, 2.24) is 0 Å². The molecule has 0 radical (unpaired) electrons. The number of para-hydroxylation sites is 1. The number of fused-ring (bicyclic) bond motifs is 1. The van der Waals surface area contributed by atoms with E-state index in [2.05, 4.69) is 6.07 Å². The van der Waals surface area contributed by atoms with Crippen LogP contribution in [0.3, 0.4) is 0 Å². The monoisotopic (exact) mass is 181 g/mol. The maximum absolute atomic E-state index is 5.58. The van der Waals surface area contributed by atoms with Gasteiger partial charge in [0, 0.05) is 5.56 Å². The third-order valence-electron chi connectivity index (χ3n) is 2.07. The molecule has 1 heterocycles. The van der Waals surface area contributed by atoms with Gasteiger partial charge < -0.3 is 4.74 Å². The van der Waals surface area contributed by atoms with Gasteiger partial charge in [0.15, 0.2) is 0 Å². The molecule has 1 aromatic carbocycles. The van der Waals surface area contributed by atoms with Gasteiger partial charge in [0.2, 0.25) is 0 Å². The van der Waals surface area contributed by atoms with E-state index < -0.39 is 0 Å². The average molecular weight is 181 g/mol. The van der Waals surface area contributed by atoms with Crippen LogP contribution in [-0.4, -0.2) is 6.61 Å². The quantitative estimate of drug-likeness (QED) is 0.674. The molecule has 0 saturated carbocycles. The Balaban J connectivity index is 2.37. The van der Waals surface area contributed by atoms with E-state index in [9.17, 15) is 0 Å². The van der Waals surface area contributed by atoms with E-state index in [0.717, 1.165) is 18.8 Å². The van der Waals surface area contributed by atoms with Gasteiger partial charge in [0.05, 0.1) is 11.9 Å². The van der Waals surface area contributed by atoms with Crippen LogP contribution in [0.25, 0.3) is 0 Å². The zero-order chi connectivity index (χ0) is 8.39. The lowest BCUT2D eigenvalue weighted by Gasteiger charge is -2.23. The van der Waals surface area contributed by atoms with Crippen LogP contribution in [-0.2, 0) is 0 Å². The summed E-state index contributed by atoms with van der Waals surface area (Å²) in [4.78, 5) is 0. The topological polar surface area (TPSA) is 35.2 Å². The summed E-state index contributed by atoms with van der Waals surface area (Å²) in [6.07, 6.45) is 1.01. The highest BCUT2D eigenvalue weighted by Gasteiger charge is 2.19. The van der Waals surface area contributed by atoms with E-state index in [1.165, 1.54) is 17.5 Å². The molecule has 2 N–H and O–H groups in total. The molecule has 0 amide bonds. The number of ether oxygens (including phenoxy) is 1. The highest BCUT2D eigenvalue weighted by Crippen LogP contribution is 2.37. The predicted molar refractivity (Wildman–Crippen MR) is 51.1 cm³/mol. The zero-order valence-electron chi connectivity index (χ0n) is 6.69. The van der Waals surface area contributed by atoms with Crippen molar-refractivity contribution in [3.05, 3.63) is 29.8 Å². The van der Waals surface area contributed by atoms with E-state index in [1.54, 1.807) is 0 Å². The van der Waals surface area contributed by atoms with Crippen LogP contribution < -0.4 is 9.88 Å². The van der Waals surface area contributed by atoms with Crippen molar-refractivity contribution < 1.29 is 4.74 Å². The molecular formula is C9H11NOS. The lowest BCUT2D eigenvalue weighted by atomic mass is 10.1. The first-order chi connectivity index (χ1) is 5.92. The van der Waals surface area contributed by atoms with Crippen molar-refractivity contribution in [2.24, 2.45) is 5.14 Å². The van der Waals surface area contributed by atoms with Gasteiger partial charge in [0.25, 0.3) is 0 Å². The number of hydrogen-bond donors (Lipinski definition) is 1. The Morgan fingerprint density at radius 1 is 1.42 bits per heavy atom. The molecule has 12 heavy (non-hydrogen) atoms. The standard InChI is InChI=1S/C9H11NOS/c10-12-9-5-6-11-8-4-2-1-3-7(8)9/h1-4,9H,5-6,10H2/t9-/m0/s1. The van der Waals surface area contributed by atoms with Crippen molar-refractivity contribution >= 4 is 11.9 Å². The Kier molecular flexibility index (Phi) is 2.23. The molecule has 2 rings (SSSR count). The number of benzene rings is 1. The van der Waals surface area contributed by atoms with Crippen LogP contribution in [0.1, 0.15) is 17.2 Å². The highest BCUT2D eigenvalue weighted by atomic mass is 32.2. The number of rotatable bonds is 1. The van der Waals surface area contributed by atoms with Crippen molar-refractivity contribution in [3.8, 4) is 5.75 Å². The van der Waals surface area contributed by atoms with E-state index >= 15 is 0 Å². The largest absolute Gasteiger partial charge is 0.493 e. The lowest BCUT2D eigenvalue weighted by Crippen LogP contribution is -2.12. The van der Waals surface area contributed by atoms with Crippen LogP contribution in [0, 0.1) is 0 Å². The average Bonchev–Trinajstić information content (AvgIpc) is 2.17. The van der Waals surface area contributed by atoms with Crippen molar-refractivity contribution in [2.75, 3.05) is 6.61 Å². The first-order valence-electron chi connectivity index (χ1n) is 3.99. The van der Waals surface area contributed by atoms with E-state index in [1.807, 2.05) is 18.2 Å². The number of nitrogens with two attached hydrogens (primary N) is 1. The van der Waals surface area contributed by atoms with Gasteiger partial charge in [0.1, 0.15) is 5.75 Å². The minimum atomic E-state index is 0.412. The second-order valence-corrected chi connectivity index (χ2v) is 3.64. The highest BCUT2D eigenvalue weighted by molar-refractivity contribution is 7.97. The second kappa shape index (κ2) is 3.37. The van der Waals surface area contributed by atoms with Gasteiger partial charge >= 0.3 is 0 Å². The minimum absolute atomic E-state index is 0.412. The normalized spacial score (nSPS) is 21.2. The Morgan fingerprint density at radius 3 is 3.08 bits per heavy atom. The van der Waals surface area contributed by atoms with E-state index in [4.69, 9.17) is 9.88 Å². The zero-order valence-corrected chi connectivity index (χ0v) is 7.51. The van der Waals surface area contributed by atoms with E-state index in [0.29, 0.717) is 5.25 Å². The predicted octanol–water partition coefficient (Wildman–Crippen LogP) is 2.12. The third kappa shape index (κ3) is 1.30. The molecule has 0 spiro atoms. The summed E-state index contributed by atoms with van der Waals surface area (Å²) < 4.78 is 5.49. The van der Waals surface area contributed by atoms with Crippen LogP contribution in [0.15, 0.2) is 24.3 Å². The van der Waals surface area contributed by atoms with Crippen molar-refractivity contribution in [1.29, 1.82) is 0 Å². The summed E-state index contributed by atoms with van der Waals surface area (Å²) in [5.41, 5.74) is 1.23. The van der Waals surface area contributed by atoms with Gasteiger partial charge in [-0.3, -0.25) is 5.14 Å². The van der Waals surface area contributed by atoms with E-state index in [-0.39, 0.29) is 0 Å². The smallest absolute Gasteiger partial charge is 0.123 e. The molecule has 0 bridgehead atoms. The second-order valence-electron chi connectivity index (χ2n) is 2.80. The summed E-state index contributed by atoms with van der Waals surface area (Å²) in [6.45, 7) is 0.784. The molecule has 2 nitrogen and oxygen atoms in total. The minimum Gasteiger partial charge on any atom is -0.493 e. The van der Waals surface area contributed by atoms with Crippen molar-refractivity contribution in [3.63, 3.8) is 0 Å². The molecule has 0 unspecified atom stereocenters. The molecule has 0 aliphatic carbocycles. The first-order valence-corrected chi connectivity index (χ1v) is 4.93. The van der Waals surface area contributed by atoms with Crippen LogP contribution >= 0.6 is 11.9 Å². The maximum atomic E-state index is 5.58. The molecule has 1 aromatic rings. The summed E-state index contributed by atoms with van der Waals surface area (Å²) >= 11 is 1.41. The summed E-state index contributed by atoms with van der Waals surface area (Å²) in [5.74, 6) is 0.992. The van der Waals surface area contributed by atoms with Crippen molar-refractivity contribution in [2.45, 2.75) is 11.7 Å². The molecule has 0 saturated heterocycles. The molecule has 1 aliphatic rings. The lowest BCUT2D eigenvalue weighted by molar-refractivity contribution is 0.286. The fourth-order valence-electron chi connectivity index (χ4n) is 1.45. The van der Waals surface area contributed by atoms with Crippen LogP contribution in [0.5, 0.6) is 5.75 Å². The van der Waals surface area contributed by atoms with Crippen LogP contribution in [0.2, 0.25) is 0 Å². The number of hydrogen-bond acceptors (Lipinski definition) is 3. The molecule has 3 heteroatoms. The summed E-state index contributed by atoms with van der Waals surface area (Å²) in [5, 5.41) is 5.99. The Labute approximate surface area is 76.2 Å². The van der Waals surface area contributed by atoms with Gasteiger partial charge in [-0.25, -0.2) is 0 Å². The molecule has 0 aromatic heterocycles. The Bertz CT molecular complexity index is 277. The Morgan fingerprint density at radius 2 is 2.25 bits per heavy atom. The third-order valence-corrected chi connectivity index (χ3v) is 2.89. The van der Waals surface area contributed by atoms with Crippen LogP contribution in [0.4, 0.5) is 0 Å². The fraction of sp³-hybridized carbons (Fsp3) is 0.333. The van der Waals surface area contributed by atoms with Gasteiger partial charge in [-0.15, -0.1) is 0 Å². The maximum Gasteiger partial charge on any atom is 0.123 e. The Hall–Kier alpha value is -0.670. The SMILES string of the molecule is NS[C@H]1CCOc2ccccc21. The van der Waals surface area contributed by atoms with Gasteiger partial charge in [-0.05, 0) is 12.5 Å². The first kappa shape index (κ1) is 7.95. The summed E-state index contributed by atoms with van der Waals surface area (Å²) in [7, 11) is 0. The fourth-order valence-corrected chi connectivity index (χ4v) is 2.02. The molecule has 1 aliphatic heterocycles. The molecule has 1 atom stereocenters.